The van der Waals surface area contributed by atoms with Crippen LogP contribution in [0.2, 0.25) is 0 Å². The lowest BCUT2D eigenvalue weighted by molar-refractivity contribution is -0.267. The third-order valence-electron chi connectivity index (χ3n) is 7.54. The molecule has 2 heterocycles. The van der Waals surface area contributed by atoms with Crippen molar-refractivity contribution in [3.8, 4) is 17.2 Å². The van der Waals surface area contributed by atoms with E-state index in [1.54, 1.807) is 31.2 Å². The average molecular weight is 551 g/mol. The fourth-order valence-corrected chi connectivity index (χ4v) is 5.66. The van der Waals surface area contributed by atoms with Gasteiger partial charge in [-0.05, 0) is 49.2 Å². The number of methoxy groups -OCH3 is 2. The maximum absolute atomic E-state index is 13.3. The van der Waals surface area contributed by atoms with Gasteiger partial charge in [0, 0.05) is 23.1 Å². The number of esters is 1. The van der Waals surface area contributed by atoms with Crippen LogP contribution in [0.25, 0.3) is 38.6 Å². The molecule has 1 aliphatic rings. The SMILES string of the molecule is C=Cc1cc(OC)c2c(c1)c(=O)oc1c2cc(OC)c2c(O)ccc(C3OC(C)C(OC(C)=O)C(C)(O)C3O)c21. The van der Waals surface area contributed by atoms with Crippen LogP contribution in [-0.2, 0) is 14.3 Å². The Morgan fingerprint density at radius 2 is 1.75 bits per heavy atom. The van der Waals surface area contributed by atoms with E-state index in [9.17, 15) is 24.9 Å². The minimum Gasteiger partial charge on any atom is -0.507 e. The van der Waals surface area contributed by atoms with E-state index in [2.05, 4.69) is 6.58 Å². The van der Waals surface area contributed by atoms with Gasteiger partial charge in [0.05, 0.1) is 31.1 Å². The number of phenols is 1. The van der Waals surface area contributed by atoms with E-state index >= 15 is 0 Å². The Bertz CT molecular complexity index is 1730. The number of fused-ring (bicyclic) bond motifs is 5. The first kappa shape index (κ1) is 27.4. The molecule has 0 aliphatic carbocycles. The molecule has 1 fully saturated rings. The third-order valence-corrected chi connectivity index (χ3v) is 7.54. The topological polar surface area (TPSA) is 145 Å². The van der Waals surface area contributed by atoms with Crippen LogP contribution >= 0.6 is 0 Å². The van der Waals surface area contributed by atoms with Crippen LogP contribution in [0.15, 0.2) is 46.1 Å². The molecule has 5 unspecified atom stereocenters. The molecular formula is C30H30O10. The van der Waals surface area contributed by atoms with E-state index in [0.29, 0.717) is 27.6 Å². The van der Waals surface area contributed by atoms with Crippen LogP contribution in [0.5, 0.6) is 17.2 Å². The zero-order chi connectivity index (χ0) is 29.1. The number of carbonyl (C=O) groups is 1. The number of carbonyl (C=O) groups excluding carboxylic acids is 1. The van der Waals surface area contributed by atoms with Gasteiger partial charge in [-0.15, -0.1) is 0 Å². The largest absolute Gasteiger partial charge is 0.507 e. The van der Waals surface area contributed by atoms with Crippen LogP contribution in [0, 0.1) is 0 Å². The molecule has 3 aromatic carbocycles. The summed E-state index contributed by atoms with van der Waals surface area (Å²) in [6.07, 6.45) is -3.17. The first-order valence-electron chi connectivity index (χ1n) is 12.6. The molecule has 0 radical (unpaired) electrons. The van der Waals surface area contributed by atoms with Gasteiger partial charge in [-0.1, -0.05) is 18.7 Å². The molecule has 0 saturated carbocycles. The lowest BCUT2D eigenvalue weighted by Crippen LogP contribution is -2.62. The van der Waals surface area contributed by atoms with Crippen molar-refractivity contribution in [2.75, 3.05) is 14.2 Å². The second-order valence-corrected chi connectivity index (χ2v) is 10.1. The predicted molar refractivity (Wildman–Crippen MR) is 148 cm³/mol. The minimum absolute atomic E-state index is 0.0917. The highest BCUT2D eigenvalue weighted by atomic mass is 16.6. The second-order valence-electron chi connectivity index (χ2n) is 10.1. The Morgan fingerprint density at radius 1 is 1.07 bits per heavy atom. The zero-order valence-corrected chi connectivity index (χ0v) is 22.7. The van der Waals surface area contributed by atoms with Gasteiger partial charge in [0.1, 0.15) is 40.6 Å². The molecule has 0 spiro atoms. The average Bonchev–Trinajstić information content (AvgIpc) is 2.92. The van der Waals surface area contributed by atoms with E-state index in [4.69, 9.17) is 23.4 Å². The van der Waals surface area contributed by atoms with Crippen molar-refractivity contribution in [3.63, 3.8) is 0 Å². The van der Waals surface area contributed by atoms with Gasteiger partial charge in [-0.25, -0.2) is 4.79 Å². The maximum Gasteiger partial charge on any atom is 0.344 e. The van der Waals surface area contributed by atoms with E-state index < -0.39 is 41.6 Å². The normalized spacial score (nSPS) is 24.8. The van der Waals surface area contributed by atoms with E-state index in [-0.39, 0.29) is 33.2 Å². The Labute approximate surface area is 228 Å². The molecule has 40 heavy (non-hydrogen) atoms. The predicted octanol–water partition coefficient (Wildman–Crippen LogP) is 3.97. The summed E-state index contributed by atoms with van der Waals surface area (Å²) in [6, 6.07) is 7.92. The summed E-state index contributed by atoms with van der Waals surface area (Å²) in [5.41, 5.74) is -1.52. The molecule has 210 valence electrons. The molecule has 3 N–H and O–H groups in total. The lowest BCUT2D eigenvalue weighted by Gasteiger charge is -2.47. The van der Waals surface area contributed by atoms with Gasteiger partial charge < -0.3 is 38.7 Å². The smallest absolute Gasteiger partial charge is 0.344 e. The third kappa shape index (κ3) is 4.07. The zero-order valence-electron chi connectivity index (χ0n) is 22.7. The molecule has 0 amide bonds. The maximum atomic E-state index is 13.3. The van der Waals surface area contributed by atoms with Crippen molar-refractivity contribution >= 4 is 44.6 Å². The summed E-state index contributed by atoms with van der Waals surface area (Å²) in [6.45, 7) is 7.94. The Kier molecular flexibility index (Phi) is 6.73. The Morgan fingerprint density at radius 3 is 2.38 bits per heavy atom. The van der Waals surface area contributed by atoms with E-state index in [1.165, 1.54) is 40.2 Å². The van der Waals surface area contributed by atoms with E-state index in [0.717, 1.165) is 0 Å². The summed E-state index contributed by atoms with van der Waals surface area (Å²) in [5.74, 6) is -0.158. The van der Waals surface area contributed by atoms with Gasteiger partial charge in [0.15, 0.2) is 6.10 Å². The summed E-state index contributed by atoms with van der Waals surface area (Å²) < 4.78 is 28.6. The fourth-order valence-electron chi connectivity index (χ4n) is 5.66. The molecule has 4 aromatic rings. The first-order valence-corrected chi connectivity index (χ1v) is 12.6. The summed E-state index contributed by atoms with van der Waals surface area (Å²) in [5, 5.41) is 35.2. The Balaban J connectivity index is 1.89. The summed E-state index contributed by atoms with van der Waals surface area (Å²) in [7, 11) is 2.91. The first-order chi connectivity index (χ1) is 18.9. The molecular weight excluding hydrogens is 520 g/mol. The molecule has 1 aromatic heterocycles. The molecule has 1 aliphatic heterocycles. The second kappa shape index (κ2) is 9.81. The van der Waals surface area contributed by atoms with Gasteiger partial charge in [0.25, 0.3) is 0 Å². The number of aliphatic hydroxyl groups excluding tert-OH is 1. The highest BCUT2D eigenvalue weighted by molar-refractivity contribution is 6.19. The molecule has 0 bridgehead atoms. The quantitative estimate of drug-likeness (QED) is 0.190. The van der Waals surface area contributed by atoms with Crippen molar-refractivity contribution in [3.05, 3.63) is 58.5 Å². The molecule has 1 saturated heterocycles. The number of hydrogen-bond acceptors (Lipinski definition) is 10. The number of benzene rings is 3. The van der Waals surface area contributed by atoms with Gasteiger partial charge >= 0.3 is 11.6 Å². The van der Waals surface area contributed by atoms with Crippen molar-refractivity contribution in [1.29, 1.82) is 0 Å². The fraction of sp³-hybridized carbons (Fsp3) is 0.333. The number of ether oxygens (including phenoxy) is 4. The molecule has 5 rings (SSSR count). The molecule has 10 nitrogen and oxygen atoms in total. The minimum atomic E-state index is -1.91. The van der Waals surface area contributed by atoms with Crippen LogP contribution in [0.4, 0.5) is 0 Å². The summed E-state index contributed by atoms with van der Waals surface area (Å²) in [4.78, 5) is 25.0. The van der Waals surface area contributed by atoms with Crippen LogP contribution in [-0.4, -0.2) is 59.4 Å². The monoisotopic (exact) mass is 550 g/mol. The van der Waals surface area contributed by atoms with Gasteiger partial charge in [-0.3, -0.25) is 4.79 Å². The van der Waals surface area contributed by atoms with Crippen LogP contribution < -0.4 is 15.1 Å². The Hall–Kier alpha value is -4.12. The number of phenolic OH excluding ortho intramolecular Hbond substituents is 1. The number of aliphatic hydroxyl groups is 2. The van der Waals surface area contributed by atoms with Crippen LogP contribution in [0.3, 0.4) is 0 Å². The van der Waals surface area contributed by atoms with Crippen LogP contribution in [0.1, 0.15) is 38.0 Å². The highest BCUT2D eigenvalue weighted by Gasteiger charge is 2.54. The lowest BCUT2D eigenvalue weighted by atomic mass is 9.80. The highest BCUT2D eigenvalue weighted by Crippen LogP contribution is 2.48. The molecule has 5 atom stereocenters. The van der Waals surface area contributed by atoms with Crippen molar-refractivity contribution in [2.45, 2.75) is 50.8 Å². The van der Waals surface area contributed by atoms with E-state index in [1.807, 2.05) is 0 Å². The van der Waals surface area contributed by atoms with Crippen molar-refractivity contribution in [1.82, 2.24) is 0 Å². The van der Waals surface area contributed by atoms with Crippen molar-refractivity contribution in [2.24, 2.45) is 0 Å². The summed E-state index contributed by atoms with van der Waals surface area (Å²) >= 11 is 0. The number of rotatable bonds is 5. The number of aromatic hydroxyl groups is 1. The van der Waals surface area contributed by atoms with Gasteiger partial charge in [0.2, 0.25) is 0 Å². The number of hydrogen-bond donors (Lipinski definition) is 3. The molecule has 10 heteroatoms. The standard InChI is InChI=1S/C30H30O10/c1-7-15-10-18-22(20(11-15)36-5)17-12-21(37-6)24-19(32)9-8-16(23(24)25(17)40-29(18)34)26-27(33)30(4,35)28(13(2)38-26)39-14(3)31/h7-13,26-28,32-33,35H,1H2,2-6H3. The van der Waals surface area contributed by atoms with Gasteiger partial charge in [-0.2, -0.15) is 0 Å². The van der Waals surface area contributed by atoms with Crippen molar-refractivity contribution < 1.29 is 43.5 Å².